The number of aryl methyl sites for hydroxylation is 1. The van der Waals surface area contributed by atoms with Gasteiger partial charge in [0.1, 0.15) is 0 Å². The molecule has 0 aromatic heterocycles. The molecule has 0 aliphatic heterocycles. The molecule has 0 atom stereocenters. The lowest BCUT2D eigenvalue weighted by molar-refractivity contribution is 0.955. The molecular formula is C22H24N2. The minimum Gasteiger partial charge on any atom is -0.383 e. The Kier molecular flexibility index (Phi) is 5.17. The summed E-state index contributed by atoms with van der Waals surface area (Å²) in [4.78, 5) is 2.35. The number of hydrogen-bond donors (Lipinski definition) is 1. The Bertz CT molecular complexity index is 727. The van der Waals surface area contributed by atoms with Gasteiger partial charge in [-0.25, -0.2) is 0 Å². The number of hydrogen-bond acceptors (Lipinski definition) is 2. The van der Waals surface area contributed by atoms with E-state index in [1.54, 1.807) is 0 Å². The van der Waals surface area contributed by atoms with Gasteiger partial charge in [0.2, 0.25) is 0 Å². The molecule has 122 valence electrons. The van der Waals surface area contributed by atoms with Crippen LogP contribution in [0.4, 0.5) is 17.1 Å². The van der Waals surface area contributed by atoms with Crippen LogP contribution < -0.4 is 10.2 Å². The van der Waals surface area contributed by atoms with Gasteiger partial charge in [-0.15, -0.1) is 0 Å². The molecule has 24 heavy (non-hydrogen) atoms. The van der Waals surface area contributed by atoms with E-state index in [-0.39, 0.29) is 0 Å². The third-order valence-electron chi connectivity index (χ3n) is 4.39. The number of para-hydroxylation sites is 2. The molecule has 0 spiro atoms. The Hall–Kier alpha value is -2.74. The lowest BCUT2D eigenvalue weighted by Gasteiger charge is -2.25. The van der Waals surface area contributed by atoms with E-state index in [2.05, 4.69) is 103 Å². The second-order valence-corrected chi connectivity index (χ2v) is 6.00. The number of nitrogens with one attached hydrogen (secondary N) is 1. The van der Waals surface area contributed by atoms with Crippen molar-refractivity contribution < 1.29 is 0 Å². The Morgan fingerprint density at radius 1 is 0.708 bits per heavy atom. The van der Waals surface area contributed by atoms with Crippen LogP contribution in [0.1, 0.15) is 11.1 Å². The Balaban J connectivity index is 1.74. The zero-order valence-corrected chi connectivity index (χ0v) is 14.4. The molecule has 3 aromatic carbocycles. The molecule has 0 bridgehead atoms. The SMILES string of the molecule is Cc1cccc(NCCN(c2ccccc2)c2ccccc2)c1C. The van der Waals surface area contributed by atoms with Crippen molar-refractivity contribution in [1.82, 2.24) is 0 Å². The lowest BCUT2D eigenvalue weighted by Crippen LogP contribution is -2.24. The molecule has 0 saturated carbocycles. The Labute approximate surface area is 144 Å². The molecule has 3 rings (SSSR count). The van der Waals surface area contributed by atoms with Crippen molar-refractivity contribution >= 4 is 17.1 Å². The van der Waals surface area contributed by atoms with Crippen molar-refractivity contribution in [2.24, 2.45) is 0 Å². The van der Waals surface area contributed by atoms with Gasteiger partial charge in [0.15, 0.2) is 0 Å². The predicted octanol–water partition coefficient (Wildman–Crippen LogP) is 5.55. The van der Waals surface area contributed by atoms with Gasteiger partial charge in [0.05, 0.1) is 0 Å². The second-order valence-electron chi connectivity index (χ2n) is 6.00. The van der Waals surface area contributed by atoms with E-state index in [4.69, 9.17) is 0 Å². The van der Waals surface area contributed by atoms with Gasteiger partial charge in [-0.2, -0.15) is 0 Å². The lowest BCUT2D eigenvalue weighted by atomic mass is 10.1. The van der Waals surface area contributed by atoms with Crippen molar-refractivity contribution in [2.75, 3.05) is 23.3 Å². The number of anilines is 3. The first-order valence-electron chi connectivity index (χ1n) is 8.43. The van der Waals surface area contributed by atoms with Gasteiger partial charge in [0, 0.05) is 30.2 Å². The Morgan fingerprint density at radius 3 is 1.88 bits per heavy atom. The van der Waals surface area contributed by atoms with E-state index in [0.717, 1.165) is 13.1 Å². The van der Waals surface area contributed by atoms with Crippen molar-refractivity contribution in [3.63, 3.8) is 0 Å². The molecule has 0 aliphatic carbocycles. The molecule has 2 heteroatoms. The summed E-state index contributed by atoms with van der Waals surface area (Å²) in [6, 6.07) is 27.5. The van der Waals surface area contributed by atoms with Crippen molar-refractivity contribution in [1.29, 1.82) is 0 Å². The van der Waals surface area contributed by atoms with Gasteiger partial charge in [-0.05, 0) is 55.3 Å². The van der Waals surface area contributed by atoms with Gasteiger partial charge in [0.25, 0.3) is 0 Å². The maximum Gasteiger partial charge on any atom is 0.0411 e. The standard InChI is InChI=1S/C22H24N2/c1-18-10-9-15-22(19(18)2)23-16-17-24(20-11-5-3-6-12-20)21-13-7-4-8-14-21/h3-15,23H,16-17H2,1-2H3. The number of benzene rings is 3. The smallest absolute Gasteiger partial charge is 0.0411 e. The van der Waals surface area contributed by atoms with Crippen LogP contribution in [0.15, 0.2) is 78.9 Å². The highest BCUT2D eigenvalue weighted by Crippen LogP contribution is 2.24. The van der Waals surface area contributed by atoms with E-state index in [0.29, 0.717) is 0 Å². The Morgan fingerprint density at radius 2 is 1.29 bits per heavy atom. The quantitative estimate of drug-likeness (QED) is 0.641. The van der Waals surface area contributed by atoms with Crippen LogP contribution in [0, 0.1) is 13.8 Å². The highest BCUT2D eigenvalue weighted by Gasteiger charge is 2.08. The monoisotopic (exact) mass is 316 g/mol. The summed E-state index contributed by atoms with van der Waals surface area (Å²) >= 11 is 0. The summed E-state index contributed by atoms with van der Waals surface area (Å²) in [5.74, 6) is 0. The van der Waals surface area contributed by atoms with Crippen molar-refractivity contribution in [2.45, 2.75) is 13.8 Å². The fraction of sp³-hybridized carbons (Fsp3) is 0.182. The maximum atomic E-state index is 3.58. The summed E-state index contributed by atoms with van der Waals surface area (Å²) in [6.07, 6.45) is 0. The predicted molar refractivity (Wildman–Crippen MR) is 104 cm³/mol. The van der Waals surface area contributed by atoms with Crippen LogP contribution in [0.25, 0.3) is 0 Å². The molecular weight excluding hydrogens is 292 g/mol. The summed E-state index contributed by atoms with van der Waals surface area (Å²) < 4.78 is 0. The van der Waals surface area contributed by atoms with Crippen molar-refractivity contribution in [3.05, 3.63) is 90.0 Å². The fourth-order valence-electron chi connectivity index (χ4n) is 2.87. The van der Waals surface area contributed by atoms with Crippen LogP contribution in [0.2, 0.25) is 0 Å². The normalized spacial score (nSPS) is 10.4. The van der Waals surface area contributed by atoms with E-state index >= 15 is 0 Å². The molecule has 0 saturated heterocycles. The molecule has 1 N–H and O–H groups in total. The zero-order valence-electron chi connectivity index (χ0n) is 14.4. The van der Waals surface area contributed by atoms with Crippen LogP contribution in [-0.4, -0.2) is 13.1 Å². The molecule has 0 fully saturated rings. The summed E-state index contributed by atoms with van der Waals surface area (Å²) in [5.41, 5.74) is 6.29. The first-order valence-corrected chi connectivity index (χ1v) is 8.43. The average Bonchev–Trinajstić information content (AvgIpc) is 2.63. The molecule has 0 radical (unpaired) electrons. The van der Waals surface area contributed by atoms with E-state index in [1.807, 2.05) is 0 Å². The second kappa shape index (κ2) is 7.69. The molecule has 0 aliphatic rings. The van der Waals surface area contributed by atoms with Gasteiger partial charge in [-0.3, -0.25) is 0 Å². The topological polar surface area (TPSA) is 15.3 Å². The maximum absolute atomic E-state index is 3.58. The van der Waals surface area contributed by atoms with Crippen LogP contribution in [0.3, 0.4) is 0 Å². The minimum absolute atomic E-state index is 0.883. The van der Waals surface area contributed by atoms with Crippen LogP contribution in [-0.2, 0) is 0 Å². The molecule has 3 aromatic rings. The van der Waals surface area contributed by atoms with Crippen LogP contribution in [0.5, 0.6) is 0 Å². The van der Waals surface area contributed by atoms with E-state index in [9.17, 15) is 0 Å². The first kappa shape index (κ1) is 16.1. The van der Waals surface area contributed by atoms with E-state index in [1.165, 1.54) is 28.2 Å². The fourth-order valence-corrected chi connectivity index (χ4v) is 2.87. The first-order chi connectivity index (χ1) is 11.8. The largest absolute Gasteiger partial charge is 0.383 e. The average molecular weight is 316 g/mol. The van der Waals surface area contributed by atoms with Crippen LogP contribution >= 0.6 is 0 Å². The highest BCUT2D eigenvalue weighted by molar-refractivity contribution is 5.63. The third-order valence-corrected chi connectivity index (χ3v) is 4.39. The molecule has 0 heterocycles. The molecule has 0 unspecified atom stereocenters. The summed E-state index contributed by atoms with van der Waals surface area (Å²) in [7, 11) is 0. The minimum atomic E-state index is 0.883. The summed E-state index contributed by atoms with van der Waals surface area (Å²) in [6.45, 7) is 6.11. The van der Waals surface area contributed by atoms with Gasteiger partial charge >= 0.3 is 0 Å². The molecule has 2 nitrogen and oxygen atoms in total. The van der Waals surface area contributed by atoms with Gasteiger partial charge < -0.3 is 10.2 Å². The number of nitrogens with zero attached hydrogens (tertiary/aromatic N) is 1. The molecule has 0 amide bonds. The van der Waals surface area contributed by atoms with E-state index < -0.39 is 0 Å². The zero-order chi connectivity index (χ0) is 16.8. The highest BCUT2D eigenvalue weighted by atomic mass is 15.1. The summed E-state index contributed by atoms with van der Waals surface area (Å²) in [5, 5.41) is 3.58. The third kappa shape index (κ3) is 3.77. The van der Waals surface area contributed by atoms with Crippen molar-refractivity contribution in [3.8, 4) is 0 Å². The number of rotatable bonds is 6. The van der Waals surface area contributed by atoms with Gasteiger partial charge in [-0.1, -0.05) is 48.5 Å².